The van der Waals surface area contributed by atoms with Gasteiger partial charge in [0, 0.05) is 48.3 Å². The van der Waals surface area contributed by atoms with Crippen molar-refractivity contribution in [2.45, 2.75) is 31.7 Å². The highest BCUT2D eigenvalue weighted by Crippen LogP contribution is 2.33. The number of nitrogens with two attached hydrogens (primary N) is 1. The van der Waals surface area contributed by atoms with E-state index in [1.165, 1.54) is 15.8 Å². The summed E-state index contributed by atoms with van der Waals surface area (Å²) in [6, 6.07) is 9.04. The summed E-state index contributed by atoms with van der Waals surface area (Å²) in [5.41, 5.74) is 8.44. The van der Waals surface area contributed by atoms with E-state index in [9.17, 15) is 22.8 Å². The Balaban J connectivity index is 1.31. The lowest BCUT2D eigenvalue weighted by Gasteiger charge is -2.39. The van der Waals surface area contributed by atoms with Crippen LogP contribution in [0.3, 0.4) is 0 Å². The number of nitrogen functional groups attached to an aromatic ring is 1. The molecule has 0 bridgehead atoms. The first kappa shape index (κ1) is 24.0. The Labute approximate surface area is 204 Å². The van der Waals surface area contributed by atoms with Crippen molar-refractivity contribution < 1.29 is 27.5 Å². The zero-order valence-corrected chi connectivity index (χ0v) is 19.5. The molecule has 5 rings (SSSR count). The van der Waals surface area contributed by atoms with Crippen molar-refractivity contribution in [3.05, 3.63) is 53.3 Å². The molecule has 2 fully saturated rings. The van der Waals surface area contributed by atoms with Crippen molar-refractivity contribution in [3.8, 4) is 0 Å². The van der Waals surface area contributed by atoms with Gasteiger partial charge in [0.15, 0.2) is 6.10 Å². The first-order chi connectivity index (χ1) is 17.1. The number of aromatic nitrogens is 3. The van der Waals surface area contributed by atoms with Crippen LogP contribution in [-0.2, 0) is 16.1 Å². The van der Waals surface area contributed by atoms with Crippen LogP contribution in [0.15, 0.2) is 36.5 Å². The number of hydrogen-bond donors (Lipinski definition) is 1. The Kier molecular flexibility index (Phi) is 6.07. The highest BCUT2D eigenvalue weighted by Gasteiger charge is 2.44. The second-order valence-corrected chi connectivity index (χ2v) is 9.08. The number of hydrogen-bond acceptors (Lipinski definition) is 6. The van der Waals surface area contributed by atoms with Crippen molar-refractivity contribution in [2.24, 2.45) is 0 Å². The largest absolute Gasteiger partial charge is 0.416 e. The van der Waals surface area contributed by atoms with E-state index in [-0.39, 0.29) is 31.5 Å². The molecule has 0 unspecified atom stereocenters. The number of ether oxygens (including phenoxy) is 1. The quantitative estimate of drug-likeness (QED) is 0.587. The maximum Gasteiger partial charge on any atom is 0.416 e. The van der Waals surface area contributed by atoms with Gasteiger partial charge < -0.3 is 20.3 Å². The van der Waals surface area contributed by atoms with Gasteiger partial charge in [-0.3, -0.25) is 14.3 Å². The van der Waals surface area contributed by atoms with Gasteiger partial charge in [0.2, 0.25) is 5.91 Å². The van der Waals surface area contributed by atoms with Crippen molar-refractivity contribution in [2.75, 3.05) is 38.5 Å². The molecule has 3 aromatic rings. The molecular formula is C24H25F3N6O3. The number of alkyl halides is 3. The second kappa shape index (κ2) is 9.08. The van der Waals surface area contributed by atoms with E-state index in [1.54, 1.807) is 17.9 Å². The van der Waals surface area contributed by atoms with Gasteiger partial charge in [-0.1, -0.05) is 18.2 Å². The minimum atomic E-state index is -4.53. The molecule has 190 valence electrons. The highest BCUT2D eigenvalue weighted by atomic mass is 19.4. The number of pyridine rings is 1. The number of carbonyl (C=O) groups excluding carboxylic acids is 2. The van der Waals surface area contributed by atoms with Crippen molar-refractivity contribution >= 4 is 28.5 Å². The van der Waals surface area contributed by atoms with Crippen LogP contribution in [0.1, 0.15) is 27.5 Å². The molecule has 2 aliphatic heterocycles. The summed E-state index contributed by atoms with van der Waals surface area (Å²) < 4.78 is 45.5. The predicted octanol–water partition coefficient (Wildman–Crippen LogP) is 2.35. The van der Waals surface area contributed by atoms with Gasteiger partial charge in [0.25, 0.3) is 5.91 Å². The summed E-state index contributed by atoms with van der Waals surface area (Å²) in [6.45, 7) is 1.86. The zero-order chi connectivity index (χ0) is 25.6. The summed E-state index contributed by atoms with van der Waals surface area (Å²) in [5, 5.41) is 5.51. The Morgan fingerprint density at radius 1 is 1.14 bits per heavy atom. The maximum atomic E-state index is 13.1. The molecule has 0 spiro atoms. The smallest absolute Gasteiger partial charge is 0.383 e. The number of morpholine rings is 1. The van der Waals surface area contributed by atoms with Crippen LogP contribution in [0.4, 0.5) is 19.0 Å². The fourth-order valence-electron chi connectivity index (χ4n) is 4.65. The summed E-state index contributed by atoms with van der Waals surface area (Å²) >= 11 is 0. The summed E-state index contributed by atoms with van der Waals surface area (Å²) in [5.74, 6) is -0.311. The van der Waals surface area contributed by atoms with Gasteiger partial charge in [-0.05, 0) is 19.1 Å². The number of carbonyl (C=O) groups is 2. The molecule has 1 aromatic carbocycles. The van der Waals surface area contributed by atoms with E-state index in [4.69, 9.17) is 10.5 Å². The second-order valence-electron chi connectivity index (χ2n) is 9.08. The third kappa shape index (κ3) is 4.36. The van der Waals surface area contributed by atoms with Crippen molar-refractivity contribution in [1.82, 2.24) is 24.6 Å². The molecule has 1 atom stereocenters. The normalized spacial score (nSPS) is 18.9. The molecule has 4 heterocycles. The third-order valence-corrected chi connectivity index (χ3v) is 6.78. The highest BCUT2D eigenvalue weighted by molar-refractivity contribution is 5.97. The number of fused-ring (bicyclic) bond motifs is 1. The standard InChI is InChI=1S/C24H25F3N6O3/c1-14-16(6-7-29-22(14)28)23(35)32-10-15(11-32)21-17-4-2-3-5-18(17)33(30-21)13-20(34)31-8-9-36-19(12-31)24(25,26)27/h2-7,15,19H,8-13H2,1H3,(H2,28,29)/t19-/m1/s1. The van der Waals surface area contributed by atoms with E-state index in [0.29, 0.717) is 35.6 Å². The Morgan fingerprint density at radius 3 is 2.64 bits per heavy atom. The Morgan fingerprint density at radius 2 is 1.89 bits per heavy atom. The predicted molar refractivity (Wildman–Crippen MR) is 124 cm³/mol. The molecule has 0 radical (unpaired) electrons. The molecule has 2 aromatic heterocycles. The van der Waals surface area contributed by atoms with Crippen LogP contribution in [0, 0.1) is 6.92 Å². The summed E-state index contributed by atoms with van der Waals surface area (Å²) in [7, 11) is 0. The van der Waals surface area contributed by atoms with E-state index < -0.39 is 24.7 Å². The van der Waals surface area contributed by atoms with Crippen molar-refractivity contribution in [1.29, 1.82) is 0 Å². The Bertz CT molecular complexity index is 1320. The van der Waals surface area contributed by atoms with Crippen LogP contribution < -0.4 is 5.73 Å². The van der Waals surface area contributed by atoms with E-state index in [2.05, 4.69) is 10.1 Å². The van der Waals surface area contributed by atoms with Crippen molar-refractivity contribution in [3.63, 3.8) is 0 Å². The van der Waals surface area contributed by atoms with Crippen LogP contribution in [0.5, 0.6) is 0 Å². The molecule has 2 N–H and O–H groups in total. The minimum absolute atomic E-state index is 0.0345. The van der Waals surface area contributed by atoms with E-state index >= 15 is 0 Å². The molecule has 12 heteroatoms. The van der Waals surface area contributed by atoms with E-state index in [0.717, 1.165) is 11.1 Å². The lowest BCUT2D eigenvalue weighted by atomic mass is 9.93. The van der Waals surface area contributed by atoms with Crippen LogP contribution in [0.2, 0.25) is 0 Å². The number of rotatable bonds is 4. The number of amides is 2. The molecule has 9 nitrogen and oxygen atoms in total. The van der Waals surface area contributed by atoms with Crippen LogP contribution in [-0.4, -0.2) is 81.4 Å². The SMILES string of the molecule is Cc1c(C(=O)N2CC(c3nn(CC(=O)N4CCO[C@@H](C(F)(F)F)C4)c4ccccc34)C2)ccnc1N. The number of nitrogens with zero attached hydrogens (tertiary/aromatic N) is 5. The number of halogens is 3. The topological polar surface area (TPSA) is 107 Å². The Hall–Kier alpha value is -3.67. The number of likely N-dealkylation sites (tertiary alicyclic amines) is 1. The molecule has 0 saturated carbocycles. The molecule has 2 saturated heterocycles. The van der Waals surface area contributed by atoms with Gasteiger partial charge in [-0.25, -0.2) is 4.98 Å². The fraction of sp³-hybridized carbons (Fsp3) is 0.417. The lowest BCUT2D eigenvalue weighted by molar-refractivity contribution is -0.236. The molecular weight excluding hydrogens is 477 g/mol. The van der Waals surface area contributed by atoms with Gasteiger partial charge in [0.1, 0.15) is 12.4 Å². The minimum Gasteiger partial charge on any atom is -0.383 e. The van der Waals surface area contributed by atoms with Gasteiger partial charge in [0.05, 0.1) is 24.4 Å². The average molecular weight is 502 g/mol. The van der Waals surface area contributed by atoms with Crippen LogP contribution >= 0.6 is 0 Å². The average Bonchev–Trinajstić information content (AvgIpc) is 3.17. The van der Waals surface area contributed by atoms with E-state index in [1.807, 2.05) is 24.3 Å². The molecule has 2 aliphatic rings. The number of para-hydroxylation sites is 1. The maximum absolute atomic E-state index is 13.1. The third-order valence-electron chi connectivity index (χ3n) is 6.78. The molecule has 36 heavy (non-hydrogen) atoms. The first-order valence-corrected chi connectivity index (χ1v) is 11.6. The fourth-order valence-corrected chi connectivity index (χ4v) is 4.65. The lowest BCUT2D eigenvalue weighted by Crippen LogP contribution is -2.51. The summed E-state index contributed by atoms with van der Waals surface area (Å²) in [4.78, 5) is 32.7. The van der Waals surface area contributed by atoms with Gasteiger partial charge in [-0.2, -0.15) is 18.3 Å². The van der Waals surface area contributed by atoms with Crippen LogP contribution in [0.25, 0.3) is 10.9 Å². The van der Waals surface area contributed by atoms with Gasteiger partial charge >= 0.3 is 6.18 Å². The molecule has 2 amide bonds. The zero-order valence-electron chi connectivity index (χ0n) is 19.5. The molecule has 0 aliphatic carbocycles. The monoisotopic (exact) mass is 502 g/mol. The number of anilines is 1. The first-order valence-electron chi connectivity index (χ1n) is 11.6. The number of benzene rings is 1. The summed E-state index contributed by atoms with van der Waals surface area (Å²) in [6.07, 6.45) is -5.01. The van der Waals surface area contributed by atoms with Gasteiger partial charge in [-0.15, -0.1) is 0 Å².